The van der Waals surface area contributed by atoms with Gasteiger partial charge in [0.2, 0.25) is 0 Å². The Morgan fingerprint density at radius 3 is 2.65 bits per heavy atom. The van der Waals surface area contributed by atoms with Crippen molar-refractivity contribution in [1.82, 2.24) is 10.2 Å². The van der Waals surface area contributed by atoms with E-state index in [0.29, 0.717) is 18.5 Å². The van der Waals surface area contributed by atoms with Crippen molar-refractivity contribution in [2.24, 2.45) is 10.7 Å². The summed E-state index contributed by atoms with van der Waals surface area (Å²) in [6.45, 7) is 0.531. The SMILES string of the molecule is CN(C)C(=O)C1CCC(CN=C(N)NC2CCCC2)O1. The maximum Gasteiger partial charge on any atom is 0.251 e. The number of hydrogen-bond acceptors (Lipinski definition) is 3. The van der Waals surface area contributed by atoms with E-state index < -0.39 is 0 Å². The van der Waals surface area contributed by atoms with Gasteiger partial charge in [-0.1, -0.05) is 12.8 Å². The van der Waals surface area contributed by atoms with Crippen LogP contribution in [0.1, 0.15) is 38.5 Å². The van der Waals surface area contributed by atoms with Crippen molar-refractivity contribution in [3.05, 3.63) is 0 Å². The molecule has 1 saturated carbocycles. The number of carbonyl (C=O) groups excluding carboxylic acids is 1. The first-order valence-corrected chi connectivity index (χ1v) is 7.49. The van der Waals surface area contributed by atoms with Gasteiger partial charge in [-0.3, -0.25) is 9.79 Å². The Morgan fingerprint density at radius 2 is 2.00 bits per heavy atom. The van der Waals surface area contributed by atoms with Crippen molar-refractivity contribution in [2.45, 2.75) is 56.8 Å². The van der Waals surface area contributed by atoms with Crippen molar-refractivity contribution in [3.8, 4) is 0 Å². The number of likely N-dealkylation sites (N-methyl/N-ethyl adjacent to an activating group) is 1. The lowest BCUT2D eigenvalue weighted by Crippen LogP contribution is -2.39. The summed E-state index contributed by atoms with van der Waals surface area (Å²) in [4.78, 5) is 17.7. The Labute approximate surface area is 120 Å². The second-order valence-electron chi connectivity index (χ2n) is 5.91. The van der Waals surface area contributed by atoms with Crippen LogP contribution in [0.4, 0.5) is 0 Å². The number of amides is 1. The summed E-state index contributed by atoms with van der Waals surface area (Å²) < 4.78 is 5.72. The van der Waals surface area contributed by atoms with Crippen LogP contribution >= 0.6 is 0 Å². The van der Waals surface area contributed by atoms with Gasteiger partial charge in [0.05, 0.1) is 12.6 Å². The number of rotatable bonds is 4. The Kier molecular flexibility index (Phi) is 5.23. The highest BCUT2D eigenvalue weighted by Crippen LogP contribution is 2.21. The molecule has 1 heterocycles. The molecule has 2 unspecified atom stereocenters. The molecule has 0 radical (unpaired) electrons. The van der Waals surface area contributed by atoms with Crippen LogP contribution in [0.25, 0.3) is 0 Å². The summed E-state index contributed by atoms with van der Waals surface area (Å²) >= 11 is 0. The zero-order valence-electron chi connectivity index (χ0n) is 12.5. The molecular formula is C14H26N4O2. The highest BCUT2D eigenvalue weighted by Gasteiger charge is 2.31. The molecule has 114 valence electrons. The lowest BCUT2D eigenvalue weighted by atomic mass is 10.2. The predicted octanol–water partition coefficient (Wildman–Crippen LogP) is 0.469. The number of nitrogens with zero attached hydrogens (tertiary/aromatic N) is 2. The first kappa shape index (κ1) is 15.1. The van der Waals surface area contributed by atoms with Crippen LogP contribution in [0.5, 0.6) is 0 Å². The van der Waals surface area contributed by atoms with Gasteiger partial charge in [0.1, 0.15) is 6.10 Å². The molecule has 20 heavy (non-hydrogen) atoms. The van der Waals surface area contributed by atoms with Crippen molar-refractivity contribution in [3.63, 3.8) is 0 Å². The monoisotopic (exact) mass is 282 g/mol. The van der Waals surface area contributed by atoms with Crippen LogP contribution in [0.3, 0.4) is 0 Å². The molecule has 0 bridgehead atoms. The number of nitrogens with two attached hydrogens (primary N) is 1. The summed E-state index contributed by atoms with van der Waals surface area (Å²) in [5.74, 6) is 0.538. The highest BCUT2D eigenvalue weighted by atomic mass is 16.5. The van der Waals surface area contributed by atoms with Crippen LogP contribution in [0, 0.1) is 0 Å². The molecule has 0 aromatic carbocycles. The fourth-order valence-electron chi connectivity index (χ4n) is 2.83. The molecule has 0 aromatic rings. The second-order valence-corrected chi connectivity index (χ2v) is 5.91. The van der Waals surface area contributed by atoms with Crippen molar-refractivity contribution < 1.29 is 9.53 Å². The second kappa shape index (κ2) is 6.92. The molecule has 2 rings (SSSR count). The highest BCUT2D eigenvalue weighted by molar-refractivity contribution is 5.80. The molecule has 2 aliphatic rings. The van der Waals surface area contributed by atoms with E-state index in [-0.39, 0.29) is 18.1 Å². The number of carbonyl (C=O) groups is 1. The maximum absolute atomic E-state index is 11.8. The molecule has 1 aliphatic carbocycles. The van der Waals surface area contributed by atoms with E-state index in [2.05, 4.69) is 10.3 Å². The smallest absolute Gasteiger partial charge is 0.251 e. The van der Waals surface area contributed by atoms with Gasteiger partial charge in [-0.25, -0.2) is 0 Å². The molecule has 2 fully saturated rings. The number of ether oxygens (including phenoxy) is 1. The molecule has 1 saturated heterocycles. The Balaban J connectivity index is 1.73. The molecule has 1 aliphatic heterocycles. The molecule has 2 atom stereocenters. The first-order chi connectivity index (χ1) is 9.56. The van der Waals surface area contributed by atoms with Gasteiger partial charge in [0.25, 0.3) is 5.91 Å². The van der Waals surface area contributed by atoms with Gasteiger partial charge in [0, 0.05) is 20.1 Å². The molecule has 1 amide bonds. The number of aliphatic imine (C=N–C) groups is 1. The van der Waals surface area contributed by atoms with Gasteiger partial charge >= 0.3 is 0 Å². The molecular weight excluding hydrogens is 256 g/mol. The minimum atomic E-state index is -0.311. The average molecular weight is 282 g/mol. The average Bonchev–Trinajstić information content (AvgIpc) is 3.06. The number of guanidine groups is 1. The lowest BCUT2D eigenvalue weighted by Gasteiger charge is -2.17. The summed E-state index contributed by atoms with van der Waals surface area (Å²) in [5, 5.41) is 3.25. The third-order valence-corrected chi connectivity index (χ3v) is 4.00. The Bertz CT molecular complexity index is 364. The summed E-state index contributed by atoms with van der Waals surface area (Å²) in [6.07, 6.45) is 6.22. The van der Waals surface area contributed by atoms with Gasteiger partial charge in [-0.2, -0.15) is 0 Å². The van der Waals surface area contributed by atoms with Crippen molar-refractivity contribution >= 4 is 11.9 Å². The van der Waals surface area contributed by atoms with Gasteiger partial charge < -0.3 is 20.7 Å². The van der Waals surface area contributed by atoms with Gasteiger partial charge in [-0.15, -0.1) is 0 Å². The normalized spacial score (nSPS) is 27.8. The molecule has 0 aromatic heterocycles. The van der Waals surface area contributed by atoms with E-state index in [1.165, 1.54) is 25.7 Å². The Morgan fingerprint density at radius 1 is 1.30 bits per heavy atom. The quantitative estimate of drug-likeness (QED) is 0.580. The topological polar surface area (TPSA) is 80.0 Å². The van der Waals surface area contributed by atoms with Crippen LogP contribution in [0.15, 0.2) is 4.99 Å². The fourth-order valence-corrected chi connectivity index (χ4v) is 2.83. The van der Waals surface area contributed by atoms with E-state index in [9.17, 15) is 4.79 Å². The zero-order chi connectivity index (χ0) is 14.5. The zero-order valence-corrected chi connectivity index (χ0v) is 12.5. The third-order valence-electron chi connectivity index (χ3n) is 4.00. The summed E-state index contributed by atoms with van der Waals surface area (Å²) in [6, 6.07) is 0.478. The predicted molar refractivity (Wildman–Crippen MR) is 78.5 cm³/mol. The minimum absolute atomic E-state index is 0.00725. The molecule has 6 heteroatoms. The third kappa shape index (κ3) is 4.10. The van der Waals surface area contributed by atoms with E-state index in [1.54, 1.807) is 19.0 Å². The molecule has 3 N–H and O–H groups in total. The van der Waals surface area contributed by atoms with Crippen molar-refractivity contribution in [2.75, 3.05) is 20.6 Å². The maximum atomic E-state index is 11.8. The first-order valence-electron chi connectivity index (χ1n) is 7.49. The van der Waals surface area contributed by atoms with Crippen LogP contribution < -0.4 is 11.1 Å². The lowest BCUT2D eigenvalue weighted by molar-refractivity contribution is -0.140. The standard InChI is InChI=1S/C14H26N4O2/c1-18(2)13(19)12-8-7-11(20-12)9-16-14(15)17-10-5-3-4-6-10/h10-12H,3-9H2,1-2H3,(H3,15,16,17). The van der Waals surface area contributed by atoms with Crippen LogP contribution in [0.2, 0.25) is 0 Å². The van der Waals surface area contributed by atoms with Crippen LogP contribution in [-0.2, 0) is 9.53 Å². The fraction of sp³-hybridized carbons (Fsp3) is 0.857. The van der Waals surface area contributed by atoms with Crippen LogP contribution in [-0.4, -0.2) is 55.7 Å². The van der Waals surface area contributed by atoms with Crippen molar-refractivity contribution in [1.29, 1.82) is 0 Å². The summed E-state index contributed by atoms with van der Waals surface area (Å²) in [7, 11) is 3.50. The van der Waals surface area contributed by atoms with E-state index in [0.717, 1.165) is 12.8 Å². The van der Waals surface area contributed by atoms with Gasteiger partial charge in [0.15, 0.2) is 5.96 Å². The number of hydrogen-bond donors (Lipinski definition) is 2. The minimum Gasteiger partial charge on any atom is -0.370 e. The van der Waals surface area contributed by atoms with E-state index >= 15 is 0 Å². The number of nitrogens with one attached hydrogen (secondary N) is 1. The molecule has 6 nitrogen and oxygen atoms in total. The van der Waals surface area contributed by atoms with E-state index in [4.69, 9.17) is 10.5 Å². The summed E-state index contributed by atoms with van der Waals surface area (Å²) in [5.41, 5.74) is 5.88. The molecule has 0 spiro atoms. The Hall–Kier alpha value is -1.30. The van der Waals surface area contributed by atoms with Gasteiger partial charge in [-0.05, 0) is 25.7 Å². The largest absolute Gasteiger partial charge is 0.370 e. The van der Waals surface area contributed by atoms with E-state index in [1.807, 2.05) is 0 Å².